The molecule has 0 bridgehead atoms. The maximum absolute atomic E-state index is 12.9. The van der Waals surface area contributed by atoms with Crippen LogP contribution in [0.15, 0.2) is 0 Å². The summed E-state index contributed by atoms with van der Waals surface area (Å²) in [5.74, 6) is -5.63. The molecule has 3 unspecified atom stereocenters. The number of hydrogen-bond donors (Lipinski definition) is 3. The van der Waals surface area contributed by atoms with Crippen LogP contribution in [0.2, 0.25) is 0 Å². The van der Waals surface area contributed by atoms with Crippen molar-refractivity contribution in [3.05, 3.63) is 0 Å². The normalized spacial score (nSPS) is 36.3. The van der Waals surface area contributed by atoms with Crippen LogP contribution in [0.5, 0.6) is 0 Å². The van der Waals surface area contributed by atoms with Gasteiger partial charge in [-0.3, -0.25) is 4.79 Å². The Morgan fingerprint density at radius 3 is 2.25 bits per heavy atom. The van der Waals surface area contributed by atoms with Gasteiger partial charge in [-0.2, -0.15) is 0 Å². The molecule has 0 heterocycles. The van der Waals surface area contributed by atoms with Crippen LogP contribution < -0.4 is 5.32 Å². The first kappa shape index (κ1) is 11.6. The Hall–Kier alpha value is -0.850. The number of fused-ring (bicyclic) bond motifs is 1. The lowest BCUT2D eigenvalue weighted by molar-refractivity contribution is -0.140. The topological polar surface area (TPSA) is 66.4 Å². The summed E-state index contributed by atoms with van der Waals surface area (Å²) in [5, 5.41) is 10.3. The van der Waals surface area contributed by atoms with Crippen molar-refractivity contribution < 1.29 is 23.5 Å². The van der Waals surface area contributed by atoms with Crippen molar-refractivity contribution in [1.82, 2.24) is 5.32 Å². The van der Waals surface area contributed by atoms with E-state index in [1.165, 1.54) is 0 Å². The van der Waals surface area contributed by atoms with E-state index in [0.717, 1.165) is 0 Å². The van der Waals surface area contributed by atoms with E-state index in [1.807, 2.05) is 0 Å². The van der Waals surface area contributed by atoms with E-state index < -0.39 is 40.9 Å². The zero-order valence-electron chi connectivity index (χ0n) is 8.19. The van der Waals surface area contributed by atoms with Crippen LogP contribution in [-0.2, 0) is 4.79 Å². The zero-order chi connectivity index (χ0) is 12.1. The van der Waals surface area contributed by atoms with Crippen LogP contribution in [-0.4, -0.2) is 28.3 Å². The van der Waals surface area contributed by atoms with Gasteiger partial charge in [0.25, 0.3) is 11.2 Å². The molecule has 90 valence electrons. The molecular formula is C9H11F2NO3S. The number of rotatable bonds is 3. The highest BCUT2D eigenvalue weighted by atomic mass is 32.1. The van der Waals surface area contributed by atoms with Crippen molar-refractivity contribution in [2.45, 2.75) is 24.8 Å². The van der Waals surface area contributed by atoms with Crippen LogP contribution in [0, 0.1) is 17.8 Å². The number of nitrogens with one attached hydrogen (secondary N) is 1. The summed E-state index contributed by atoms with van der Waals surface area (Å²) in [6.07, 6.45) is 0.311. The van der Waals surface area contributed by atoms with Crippen LogP contribution in [0.25, 0.3) is 0 Å². The third-order valence-electron chi connectivity index (χ3n) is 3.50. The van der Waals surface area contributed by atoms with E-state index in [9.17, 15) is 18.4 Å². The molecule has 2 N–H and O–H groups in total. The fraction of sp³-hybridized carbons (Fsp3) is 0.778. The molecule has 2 saturated carbocycles. The monoisotopic (exact) mass is 251 g/mol. The highest BCUT2D eigenvalue weighted by Crippen LogP contribution is 2.66. The molecule has 2 aliphatic rings. The van der Waals surface area contributed by atoms with Gasteiger partial charge >= 0.3 is 5.97 Å². The largest absolute Gasteiger partial charge is 0.480 e. The number of hydrogen-bond acceptors (Lipinski definition) is 2. The zero-order valence-corrected chi connectivity index (χ0v) is 9.08. The Bertz CT molecular complexity index is 336. The second-order valence-corrected chi connectivity index (χ2v) is 4.79. The van der Waals surface area contributed by atoms with Gasteiger partial charge in [0.2, 0.25) is 0 Å². The van der Waals surface area contributed by atoms with E-state index in [2.05, 4.69) is 17.9 Å². The number of halogens is 2. The van der Waals surface area contributed by atoms with Gasteiger partial charge in [-0.25, -0.2) is 13.6 Å². The number of carboxylic acids is 1. The molecule has 0 aliphatic heterocycles. The summed E-state index contributed by atoms with van der Waals surface area (Å²) in [7, 11) is 0. The van der Waals surface area contributed by atoms with Gasteiger partial charge in [-0.15, -0.1) is 0 Å². The predicted octanol–water partition coefficient (Wildman–Crippen LogP) is 1.37. The van der Waals surface area contributed by atoms with Crippen molar-refractivity contribution >= 4 is 23.8 Å². The van der Waals surface area contributed by atoms with Crippen molar-refractivity contribution in [3.8, 4) is 0 Å². The molecule has 2 aliphatic carbocycles. The molecule has 0 aromatic rings. The number of carboxylic acid groups (broad SMARTS) is 1. The summed E-state index contributed by atoms with van der Waals surface area (Å²) in [6, 6.07) is -1.10. The van der Waals surface area contributed by atoms with E-state index >= 15 is 0 Å². The Morgan fingerprint density at radius 2 is 1.88 bits per heavy atom. The predicted molar refractivity (Wildman–Crippen MR) is 53.6 cm³/mol. The molecule has 2 fully saturated rings. The van der Waals surface area contributed by atoms with Crippen LogP contribution in [0.3, 0.4) is 0 Å². The molecule has 7 heteroatoms. The molecular weight excluding hydrogens is 240 g/mol. The highest BCUT2D eigenvalue weighted by molar-refractivity contribution is 7.96. The minimum atomic E-state index is -2.62. The number of amides is 1. The van der Waals surface area contributed by atoms with Crippen molar-refractivity contribution in [2.24, 2.45) is 17.8 Å². The first-order chi connectivity index (χ1) is 7.34. The molecule has 2 rings (SSSR count). The summed E-state index contributed by atoms with van der Waals surface area (Å²) in [6.45, 7) is 0. The van der Waals surface area contributed by atoms with E-state index in [-0.39, 0.29) is 12.8 Å². The lowest BCUT2D eigenvalue weighted by atomic mass is 9.94. The average Bonchev–Trinajstić information content (AvgIpc) is 2.59. The maximum Gasteiger partial charge on any atom is 0.326 e. The first-order valence-electron chi connectivity index (χ1n) is 4.94. The summed E-state index contributed by atoms with van der Waals surface area (Å²) < 4.78 is 25.8. The van der Waals surface area contributed by atoms with Gasteiger partial charge in [0.15, 0.2) is 0 Å². The Kier molecular flexibility index (Phi) is 2.60. The Balaban J connectivity index is 1.98. The first-order valence-corrected chi connectivity index (χ1v) is 5.39. The quantitative estimate of drug-likeness (QED) is 0.664. The fourth-order valence-electron chi connectivity index (χ4n) is 2.64. The molecule has 0 saturated heterocycles. The molecule has 0 radical (unpaired) electrons. The second-order valence-electron chi connectivity index (χ2n) is 4.38. The van der Waals surface area contributed by atoms with Gasteiger partial charge in [0, 0.05) is 11.8 Å². The second kappa shape index (κ2) is 3.58. The molecule has 3 atom stereocenters. The van der Waals surface area contributed by atoms with Gasteiger partial charge in [-0.1, -0.05) is 12.6 Å². The number of thiol groups is 1. The maximum atomic E-state index is 12.9. The number of aliphatic carboxylic acids is 1. The van der Waals surface area contributed by atoms with E-state index in [4.69, 9.17) is 5.11 Å². The van der Waals surface area contributed by atoms with Gasteiger partial charge < -0.3 is 10.4 Å². The summed E-state index contributed by atoms with van der Waals surface area (Å²) >= 11 is 3.43. The molecule has 1 amide bonds. The third-order valence-corrected chi connectivity index (χ3v) is 3.62. The SMILES string of the molecule is O=C(S)NC(C(=O)O)C1CC2C(C1)C2(F)F. The molecule has 4 nitrogen and oxygen atoms in total. The molecule has 0 aromatic heterocycles. The smallest absolute Gasteiger partial charge is 0.326 e. The third kappa shape index (κ3) is 1.77. The van der Waals surface area contributed by atoms with Gasteiger partial charge in [-0.05, 0) is 18.8 Å². The standard InChI is InChI=1S/C9H11F2NO3S/c10-9(11)4-1-3(2-5(4)9)6(7(13)14)12-8(15)16/h3-6H,1-2H2,(H,13,14)(H2,12,15,16). The van der Waals surface area contributed by atoms with Crippen molar-refractivity contribution in [3.63, 3.8) is 0 Å². The lowest BCUT2D eigenvalue weighted by Gasteiger charge is -2.22. The van der Waals surface area contributed by atoms with Gasteiger partial charge in [0.1, 0.15) is 6.04 Å². The van der Waals surface area contributed by atoms with E-state index in [1.54, 1.807) is 0 Å². The van der Waals surface area contributed by atoms with Crippen LogP contribution in [0.4, 0.5) is 13.6 Å². The Labute approximate surface area is 95.8 Å². The number of carbonyl (C=O) groups is 2. The summed E-state index contributed by atoms with van der Waals surface area (Å²) in [5.41, 5.74) is 0. The Morgan fingerprint density at radius 1 is 1.38 bits per heavy atom. The molecule has 0 aromatic carbocycles. The van der Waals surface area contributed by atoms with Gasteiger partial charge in [0.05, 0.1) is 0 Å². The van der Waals surface area contributed by atoms with Crippen molar-refractivity contribution in [1.29, 1.82) is 0 Å². The highest BCUT2D eigenvalue weighted by Gasteiger charge is 2.72. The summed E-state index contributed by atoms with van der Waals surface area (Å²) in [4.78, 5) is 21.5. The van der Waals surface area contributed by atoms with Crippen LogP contribution in [0.1, 0.15) is 12.8 Å². The number of carbonyl (C=O) groups excluding carboxylic acids is 1. The minimum Gasteiger partial charge on any atom is -0.480 e. The van der Waals surface area contributed by atoms with Crippen LogP contribution >= 0.6 is 12.6 Å². The molecule has 16 heavy (non-hydrogen) atoms. The lowest BCUT2D eigenvalue weighted by Crippen LogP contribution is -2.44. The average molecular weight is 251 g/mol. The molecule has 0 spiro atoms. The number of alkyl halides is 2. The minimum absolute atomic E-state index is 0.155. The van der Waals surface area contributed by atoms with E-state index in [0.29, 0.717) is 0 Å². The fourth-order valence-corrected chi connectivity index (χ4v) is 2.78. The van der Waals surface area contributed by atoms with Crippen molar-refractivity contribution in [2.75, 3.05) is 0 Å².